The number of ether oxygens (including phenoxy) is 2. The van der Waals surface area contributed by atoms with Crippen LogP contribution in [0.5, 0.6) is 0 Å². The topological polar surface area (TPSA) is 154 Å². The monoisotopic (exact) mass is 897 g/mol. The standard InChI is InChI=1S/C48H67N9O6S/c1-12-56-39-18-17-31-21-34(39)35(43(56)33-15-13-19-49-41(33)30(6)62-11)23-48(7,8)27-63-46(60)36-16-14-20-57(52-36)45(59)37(22-40-50-38(31)26-64-40)51-44(58)42(28(2)3)54(10)47(61)55-24-32(25-55)53(9)29(4)5/h13,15,17-19,21,26,28-30,32,36-37,42,52H,12,14,16,20,22-25,27H2,1-11H3,(H,51,58)/t30-,36-,37-,42?/m0/s1. The normalized spacial score (nSPS) is 20.6. The fraction of sp³-hybridized carbons (Fsp3) is 0.583. The number of nitrogens with zero attached hydrogens (tertiary/aromatic N) is 7. The summed E-state index contributed by atoms with van der Waals surface area (Å²) in [7, 11) is 5.41. The van der Waals surface area contributed by atoms with Gasteiger partial charge in [0, 0.05) is 97.9 Å². The van der Waals surface area contributed by atoms with Crippen molar-refractivity contribution >= 4 is 46.1 Å². The maximum Gasteiger partial charge on any atom is 0.324 e. The zero-order valence-corrected chi connectivity index (χ0v) is 40.3. The number of cyclic esters (lactones) is 1. The van der Waals surface area contributed by atoms with Crippen molar-refractivity contribution in [2.75, 3.05) is 47.4 Å². The number of methoxy groups -OCH3 is 1. The number of aryl methyl sites for hydroxylation is 1. The number of rotatable bonds is 10. The largest absolute Gasteiger partial charge is 0.464 e. The van der Waals surface area contributed by atoms with E-state index in [0.29, 0.717) is 56.5 Å². The summed E-state index contributed by atoms with van der Waals surface area (Å²) in [4.78, 5) is 72.1. The summed E-state index contributed by atoms with van der Waals surface area (Å²) in [6.45, 7) is 18.8. The van der Waals surface area contributed by atoms with Crippen LogP contribution in [0.1, 0.15) is 90.6 Å². The Morgan fingerprint density at radius 2 is 1.86 bits per heavy atom. The summed E-state index contributed by atoms with van der Waals surface area (Å²) < 4.78 is 14.3. The molecule has 6 bridgehead atoms. The van der Waals surface area contributed by atoms with Gasteiger partial charge in [-0.1, -0.05) is 33.8 Å². The molecule has 2 saturated heterocycles. The molecule has 2 N–H and O–H groups in total. The van der Waals surface area contributed by atoms with E-state index in [1.54, 1.807) is 25.3 Å². The number of hydrogen-bond donors (Lipinski definition) is 2. The molecule has 0 spiro atoms. The third kappa shape index (κ3) is 9.56. The Morgan fingerprint density at radius 3 is 2.55 bits per heavy atom. The fourth-order valence-corrected chi connectivity index (χ4v) is 10.2. The van der Waals surface area contributed by atoms with Crippen molar-refractivity contribution in [2.24, 2.45) is 11.3 Å². The summed E-state index contributed by atoms with van der Waals surface area (Å²) in [6.07, 6.45) is 3.30. The maximum atomic E-state index is 14.6. The van der Waals surface area contributed by atoms with E-state index in [1.807, 2.05) is 32.2 Å². The molecule has 15 nitrogen and oxygen atoms in total. The first-order chi connectivity index (χ1) is 30.4. The van der Waals surface area contributed by atoms with Gasteiger partial charge in [-0.05, 0) is 89.8 Å². The molecule has 3 aliphatic heterocycles. The van der Waals surface area contributed by atoms with E-state index in [0.717, 1.165) is 44.7 Å². The number of hydrazine groups is 1. The number of pyridine rings is 1. The zero-order chi connectivity index (χ0) is 46.2. The van der Waals surface area contributed by atoms with Crippen LogP contribution in [-0.4, -0.2) is 136 Å². The van der Waals surface area contributed by atoms with E-state index >= 15 is 0 Å². The number of urea groups is 1. The average molecular weight is 898 g/mol. The van der Waals surface area contributed by atoms with Crippen LogP contribution in [0.3, 0.4) is 0 Å². The number of esters is 1. The molecule has 4 amide bonds. The predicted octanol–water partition coefficient (Wildman–Crippen LogP) is 6.30. The summed E-state index contributed by atoms with van der Waals surface area (Å²) in [6, 6.07) is 8.20. The first-order valence-corrected chi connectivity index (χ1v) is 23.7. The van der Waals surface area contributed by atoms with Gasteiger partial charge in [-0.25, -0.2) is 15.2 Å². The molecule has 2 fully saturated rings. The van der Waals surface area contributed by atoms with Crippen LogP contribution in [0, 0.1) is 11.3 Å². The highest BCUT2D eigenvalue weighted by Gasteiger charge is 2.41. The van der Waals surface area contributed by atoms with Crippen molar-refractivity contribution in [1.29, 1.82) is 0 Å². The summed E-state index contributed by atoms with van der Waals surface area (Å²) in [5, 5.41) is 8.22. The molecule has 64 heavy (non-hydrogen) atoms. The smallest absolute Gasteiger partial charge is 0.324 e. The molecular formula is C48H67N9O6S. The van der Waals surface area contributed by atoms with E-state index < -0.39 is 35.4 Å². The highest BCUT2D eigenvalue weighted by Crippen LogP contribution is 2.42. The lowest BCUT2D eigenvalue weighted by Gasteiger charge is -2.47. The number of amides is 4. The van der Waals surface area contributed by atoms with Crippen molar-refractivity contribution in [2.45, 2.75) is 124 Å². The van der Waals surface area contributed by atoms with Gasteiger partial charge in [0.25, 0.3) is 5.91 Å². The van der Waals surface area contributed by atoms with Crippen molar-refractivity contribution < 1.29 is 28.7 Å². The van der Waals surface area contributed by atoms with Crippen molar-refractivity contribution in [3.63, 3.8) is 0 Å². The number of benzene rings is 1. The molecule has 3 aromatic heterocycles. The number of nitrogens with one attached hydrogen (secondary N) is 2. The van der Waals surface area contributed by atoms with Crippen molar-refractivity contribution in [3.8, 4) is 22.5 Å². The highest BCUT2D eigenvalue weighted by atomic mass is 32.1. The number of likely N-dealkylation sites (N-methyl/N-ethyl adjacent to an activating group) is 2. The van der Waals surface area contributed by atoms with E-state index in [9.17, 15) is 19.2 Å². The van der Waals surface area contributed by atoms with Crippen molar-refractivity contribution in [1.82, 2.24) is 45.0 Å². The Hall–Kier alpha value is -4.90. The molecular weight excluding hydrogens is 831 g/mol. The molecule has 7 rings (SSSR count). The lowest BCUT2D eigenvalue weighted by Crippen LogP contribution is -2.66. The number of thiazole rings is 1. The van der Waals surface area contributed by atoms with Crippen LogP contribution < -0.4 is 10.7 Å². The minimum Gasteiger partial charge on any atom is -0.464 e. The number of carbonyl (C=O) groups is 4. The number of hydrogen-bond acceptors (Lipinski definition) is 11. The molecule has 6 heterocycles. The second-order valence-corrected chi connectivity index (χ2v) is 20.1. The Labute approximate surface area is 381 Å². The predicted molar refractivity (Wildman–Crippen MR) is 249 cm³/mol. The van der Waals surface area contributed by atoms with Gasteiger partial charge in [0.05, 0.1) is 34.8 Å². The maximum absolute atomic E-state index is 14.6. The Balaban J connectivity index is 1.26. The first-order valence-electron chi connectivity index (χ1n) is 22.8. The van der Waals surface area contributed by atoms with E-state index in [4.69, 9.17) is 19.4 Å². The van der Waals surface area contributed by atoms with Crippen molar-refractivity contribution in [3.05, 3.63) is 58.2 Å². The summed E-state index contributed by atoms with van der Waals surface area (Å²) >= 11 is 1.43. The van der Waals surface area contributed by atoms with Crippen LogP contribution in [0.15, 0.2) is 41.9 Å². The average Bonchev–Trinajstić information content (AvgIpc) is 3.85. The third-order valence-corrected chi connectivity index (χ3v) is 14.2. The molecule has 4 atom stereocenters. The fourth-order valence-electron chi connectivity index (χ4n) is 9.38. The number of likely N-dealkylation sites (tertiary alicyclic amines) is 1. The molecule has 1 aromatic carbocycles. The molecule has 0 radical (unpaired) electrons. The minimum atomic E-state index is -1.04. The molecule has 3 aliphatic rings. The Kier molecular flexibility index (Phi) is 14.2. The quantitative estimate of drug-likeness (QED) is 0.173. The van der Waals surface area contributed by atoms with Gasteiger partial charge in [0.2, 0.25) is 5.91 Å². The van der Waals surface area contributed by atoms with Crippen LogP contribution in [0.2, 0.25) is 0 Å². The number of aromatic nitrogens is 3. The Bertz CT molecular complexity index is 2350. The summed E-state index contributed by atoms with van der Waals surface area (Å²) in [5.74, 6) is -1.51. The highest BCUT2D eigenvalue weighted by molar-refractivity contribution is 7.10. The summed E-state index contributed by atoms with van der Waals surface area (Å²) in [5.41, 5.74) is 9.40. The molecule has 4 aromatic rings. The van der Waals surface area contributed by atoms with Gasteiger partial charge in [-0.2, -0.15) is 0 Å². The van der Waals surface area contributed by atoms with Crippen LogP contribution in [0.4, 0.5) is 4.79 Å². The first kappa shape index (κ1) is 47.1. The van der Waals surface area contributed by atoms with Gasteiger partial charge in [-0.3, -0.25) is 29.3 Å². The Morgan fingerprint density at radius 1 is 1.11 bits per heavy atom. The SMILES string of the molecule is CCn1c(-c2cccnc2[C@H](C)OC)c2c3cc(ccc31)-c1csc(n1)C[C@H](NC(=O)C(C(C)C)N(C)C(=O)N1CC(N(C)C(C)C)C1)C(=O)N1CCC[C@H](N1)C(=O)OCC(C)(C)C2. The molecule has 346 valence electrons. The van der Waals surface area contributed by atoms with Gasteiger partial charge < -0.3 is 29.2 Å². The van der Waals surface area contributed by atoms with E-state index in [1.165, 1.54) is 21.2 Å². The molecule has 0 saturated carbocycles. The van der Waals surface area contributed by atoms with Crippen LogP contribution >= 0.6 is 11.3 Å². The van der Waals surface area contributed by atoms with E-state index in [2.05, 4.69) is 86.1 Å². The molecule has 1 unspecified atom stereocenters. The number of carbonyl (C=O) groups excluding carboxylic acids is 4. The van der Waals surface area contributed by atoms with E-state index in [-0.39, 0.29) is 43.0 Å². The zero-order valence-electron chi connectivity index (χ0n) is 39.4. The van der Waals surface area contributed by atoms with Gasteiger partial charge in [0.1, 0.15) is 18.1 Å². The molecule has 0 aliphatic carbocycles. The van der Waals surface area contributed by atoms with Gasteiger partial charge in [0.15, 0.2) is 0 Å². The lowest BCUT2D eigenvalue weighted by molar-refractivity contribution is -0.155. The minimum absolute atomic E-state index is 0.111. The number of fused-ring (bicyclic) bond motifs is 6. The second-order valence-electron chi connectivity index (χ2n) is 19.2. The van der Waals surface area contributed by atoms with Crippen LogP contribution in [0.25, 0.3) is 33.4 Å². The van der Waals surface area contributed by atoms with Gasteiger partial charge in [-0.15, -0.1) is 11.3 Å². The lowest BCUT2D eigenvalue weighted by atomic mass is 9.84. The second kappa shape index (κ2) is 19.3. The molecule has 16 heteroatoms. The van der Waals surface area contributed by atoms with Gasteiger partial charge >= 0.3 is 12.0 Å². The third-order valence-electron chi connectivity index (χ3n) is 13.3. The van der Waals surface area contributed by atoms with Crippen LogP contribution in [-0.2, 0) is 43.2 Å².